The number of rotatable bonds is 7. The minimum Gasteiger partial charge on any atom is -0.466 e. The number of alkyl halides is 2. The Morgan fingerprint density at radius 2 is 1.85 bits per heavy atom. The van der Waals surface area contributed by atoms with Crippen molar-refractivity contribution in [2.24, 2.45) is 5.92 Å². The van der Waals surface area contributed by atoms with Crippen LogP contribution in [-0.4, -0.2) is 49.1 Å². The second kappa shape index (κ2) is 9.47. The van der Waals surface area contributed by atoms with Gasteiger partial charge in [0.15, 0.2) is 0 Å². The molecule has 6 nitrogen and oxygen atoms in total. The van der Waals surface area contributed by atoms with E-state index in [0.29, 0.717) is 38.2 Å². The Labute approximate surface area is 151 Å². The van der Waals surface area contributed by atoms with Gasteiger partial charge < -0.3 is 14.8 Å². The van der Waals surface area contributed by atoms with Gasteiger partial charge in [0, 0.05) is 5.69 Å². The number of anilines is 1. The second-order valence-electron chi connectivity index (χ2n) is 6.13. The van der Waals surface area contributed by atoms with Crippen LogP contribution in [0.2, 0.25) is 0 Å². The Hall–Kier alpha value is -2.22. The lowest BCUT2D eigenvalue weighted by molar-refractivity contribution is -0.149. The summed E-state index contributed by atoms with van der Waals surface area (Å²) in [5, 5.41) is 2.76. The molecule has 26 heavy (non-hydrogen) atoms. The molecule has 1 saturated heterocycles. The van der Waals surface area contributed by atoms with Crippen molar-refractivity contribution in [3.8, 4) is 5.75 Å². The van der Waals surface area contributed by atoms with Gasteiger partial charge in [-0.25, -0.2) is 0 Å². The molecule has 1 aromatic carbocycles. The summed E-state index contributed by atoms with van der Waals surface area (Å²) in [6, 6.07) is 5.40. The van der Waals surface area contributed by atoms with Gasteiger partial charge in [-0.1, -0.05) is 0 Å². The third kappa shape index (κ3) is 5.66. The monoisotopic (exact) mass is 370 g/mol. The van der Waals surface area contributed by atoms with Crippen molar-refractivity contribution in [2.75, 3.05) is 25.0 Å². The van der Waals surface area contributed by atoms with Crippen LogP contribution in [0, 0.1) is 5.92 Å². The molecule has 2 rings (SSSR count). The van der Waals surface area contributed by atoms with Crippen molar-refractivity contribution in [2.45, 2.75) is 39.3 Å². The molecule has 0 spiro atoms. The summed E-state index contributed by atoms with van der Waals surface area (Å²) in [6.07, 6.45) is 1.33. The maximum absolute atomic E-state index is 12.4. The minimum absolute atomic E-state index is 0.0343. The number of hydrogen-bond acceptors (Lipinski definition) is 5. The first-order valence-electron chi connectivity index (χ1n) is 8.67. The van der Waals surface area contributed by atoms with Crippen molar-refractivity contribution in [3.63, 3.8) is 0 Å². The molecule has 0 aliphatic carbocycles. The molecule has 1 aromatic rings. The first-order valence-corrected chi connectivity index (χ1v) is 8.67. The number of esters is 1. The average molecular weight is 370 g/mol. The first kappa shape index (κ1) is 20.1. The van der Waals surface area contributed by atoms with Gasteiger partial charge in [0.05, 0.1) is 18.6 Å². The number of ether oxygens (including phenoxy) is 2. The zero-order chi connectivity index (χ0) is 19.1. The second-order valence-corrected chi connectivity index (χ2v) is 6.13. The minimum atomic E-state index is -2.88. The number of halogens is 2. The van der Waals surface area contributed by atoms with Crippen LogP contribution >= 0.6 is 0 Å². The average Bonchev–Trinajstić information content (AvgIpc) is 2.62. The molecule has 1 fully saturated rings. The Morgan fingerprint density at radius 1 is 1.23 bits per heavy atom. The molecule has 0 bridgehead atoms. The molecule has 1 amide bonds. The highest BCUT2D eigenvalue weighted by Crippen LogP contribution is 2.22. The van der Waals surface area contributed by atoms with E-state index >= 15 is 0 Å². The number of benzene rings is 1. The molecular weight excluding hydrogens is 346 g/mol. The van der Waals surface area contributed by atoms with E-state index in [0.717, 1.165) is 0 Å². The highest BCUT2D eigenvalue weighted by molar-refractivity contribution is 5.94. The summed E-state index contributed by atoms with van der Waals surface area (Å²) in [6.45, 7) is 2.35. The van der Waals surface area contributed by atoms with Crippen LogP contribution in [0.1, 0.15) is 26.7 Å². The molecule has 0 unspecified atom stereocenters. The summed E-state index contributed by atoms with van der Waals surface area (Å²) in [4.78, 5) is 26.2. The molecule has 8 heteroatoms. The predicted octanol–water partition coefficient (Wildman–Crippen LogP) is 2.89. The van der Waals surface area contributed by atoms with Gasteiger partial charge in [0.2, 0.25) is 5.91 Å². The largest absolute Gasteiger partial charge is 0.466 e. The quantitative estimate of drug-likeness (QED) is 0.748. The highest BCUT2D eigenvalue weighted by atomic mass is 19.3. The lowest BCUT2D eigenvalue weighted by Gasteiger charge is -2.34. The molecule has 1 atom stereocenters. The van der Waals surface area contributed by atoms with E-state index < -0.39 is 6.61 Å². The smallest absolute Gasteiger partial charge is 0.387 e. The maximum Gasteiger partial charge on any atom is 0.387 e. The lowest BCUT2D eigenvalue weighted by atomic mass is 9.96. The van der Waals surface area contributed by atoms with Gasteiger partial charge in [-0.15, -0.1) is 0 Å². The SMILES string of the molecule is CCOC(=O)C1CCN([C@@H](C)C(=O)Nc2ccc(OC(F)F)cc2)CC1. The summed E-state index contributed by atoms with van der Waals surface area (Å²) in [5.41, 5.74) is 0.505. The van der Waals surface area contributed by atoms with Gasteiger partial charge in [0.1, 0.15) is 5.75 Å². The van der Waals surface area contributed by atoms with Crippen LogP contribution in [0.3, 0.4) is 0 Å². The normalized spacial score (nSPS) is 17.0. The molecule has 1 aliphatic rings. The van der Waals surface area contributed by atoms with Gasteiger partial charge in [-0.3, -0.25) is 14.5 Å². The maximum atomic E-state index is 12.4. The van der Waals surface area contributed by atoms with Crippen molar-refractivity contribution in [1.82, 2.24) is 4.90 Å². The number of carbonyl (C=O) groups is 2. The number of piperidine rings is 1. The molecule has 1 N–H and O–H groups in total. The van der Waals surface area contributed by atoms with Crippen LogP contribution in [0.5, 0.6) is 5.75 Å². The third-order valence-electron chi connectivity index (χ3n) is 4.42. The zero-order valence-electron chi connectivity index (χ0n) is 14.9. The van der Waals surface area contributed by atoms with Crippen molar-refractivity contribution in [3.05, 3.63) is 24.3 Å². The van der Waals surface area contributed by atoms with E-state index in [2.05, 4.69) is 10.1 Å². The van der Waals surface area contributed by atoms with Gasteiger partial charge in [-0.2, -0.15) is 8.78 Å². The van der Waals surface area contributed by atoms with Gasteiger partial charge >= 0.3 is 12.6 Å². The van der Waals surface area contributed by atoms with E-state index in [1.54, 1.807) is 13.8 Å². The summed E-state index contributed by atoms with van der Waals surface area (Å²) >= 11 is 0. The fourth-order valence-electron chi connectivity index (χ4n) is 2.91. The summed E-state index contributed by atoms with van der Waals surface area (Å²) in [5.74, 6) is -0.437. The Balaban J connectivity index is 1.83. The van der Waals surface area contributed by atoms with Gasteiger partial charge in [-0.05, 0) is 64.0 Å². The Kier molecular flexibility index (Phi) is 7.32. The molecule has 0 saturated carbocycles. The predicted molar refractivity (Wildman–Crippen MR) is 92.1 cm³/mol. The molecule has 0 aromatic heterocycles. The van der Waals surface area contributed by atoms with Crippen LogP contribution in [-0.2, 0) is 14.3 Å². The Bertz CT molecular complexity index is 602. The zero-order valence-corrected chi connectivity index (χ0v) is 14.9. The summed E-state index contributed by atoms with van der Waals surface area (Å²) < 4.78 is 33.6. The fraction of sp³-hybridized carbons (Fsp3) is 0.556. The van der Waals surface area contributed by atoms with Crippen LogP contribution in [0.25, 0.3) is 0 Å². The molecule has 144 valence electrons. The number of nitrogens with one attached hydrogen (secondary N) is 1. The number of hydrogen-bond donors (Lipinski definition) is 1. The molecule has 1 heterocycles. The summed E-state index contributed by atoms with van der Waals surface area (Å²) in [7, 11) is 0. The first-order chi connectivity index (χ1) is 12.4. The number of nitrogens with zero attached hydrogens (tertiary/aromatic N) is 1. The van der Waals surface area contributed by atoms with E-state index in [9.17, 15) is 18.4 Å². The van der Waals surface area contributed by atoms with E-state index in [1.807, 2.05) is 4.90 Å². The third-order valence-corrected chi connectivity index (χ3v) is 4.42. The molecular formula is C18H24F2N2O4. The number of likely N-dealkylation sites (tertiary alicyclic amines) is 1. The van der Waals surface area contributed by atoms with Crippen LogP contribution < -0.4 is 10.1 Å². The number of amides is 1. The fourth-order valence-corrected chi connectivity index (χ4v) is 2.91. The Morgan fingerprint density at radius 3 is 2.38 bits per heavy atom. The van der Waals surface area contributed by atoms with Gasteiger partial charge in [0.25, 0.3) is 0 Å². The van der Waals surface area contributed by atoms with Crippen LogP contribution in [0.15, 0.2) is 24.3 Å². The molecule has 1 aliphatic heterocycles. The lowest BCUT2D eigenvalue weighted by Crippen LogP contribution is -2.47. The standard InChI is InChI=1S/C18H24F2N2O4/c1-3-25-17(24)13-8-10-22(11-9-13)12(2)16(23)21-14-4-6-15(7-5-14)26-18(19)20/h4-7,12-13,18H,3,8-11H2,1-2H3,(H,21,23)/t12-/m0/s1. The highest BCUT2D eigenvalue weighted by Gasteiger charge is 2.30. The molecule has 0 radical (unpaired) electrons. The van der Waals surface area contributed by atoms with Crippen molar-refractivity contribution in [1.29, 1.82) is 0 Å². The van der Waals surface area contributed by atoms with Crippen LogP contribution in [0.4, 0.5) is 14.5 Å². The van der Waals surface area contributed by atoms with E-state index in [1.165, 1.54) is 24.3 Å². The van der Waals surface area contributed by atoms with E-state index in [4.69, 9.17) is 4.74 Å². The van der Waals surface area contributed by atoms with Crippen molar-refractivity contribution < 1.29 is 27.8 Å². The van der Waals surface area contributed by atoms with Crippen molar-refractivity contribution >= 4 is 17.6 Å². The number of carbonyl (C=O) groups excluding carboxylic acids is 2. The van der Waals surface area contributed by atoms with E-state index in [-0.39, 0.29) is 29.6 Å². The topological polar surface area (TPSA) is 67.9 Å².